The summed E-state index contributed by atoms with van der Waals surface area (Å²) in [5, 5.41) is 3.33. The van der Waals surface area contributed by atoms with Gasteiger partial charge in [0.05, 0.1) is 13.6 Å². The van der Waals surface area contributed by atoms with Crippen LogP contribution in [-0.4, -0.2) is 9.78 Å². The summed E-state index contributed by atoms with van der Waals surface area (Å²) in [4.78, 5) is 0. The van der Waals surface area contributed by atoms with E-state index in [1.165, 1.54) is 141 Å². The Hall–Kier alpha value is -0.640. The molecule has 1 heterocycles. The Labute approximate surface area is 205 Å². The van der Waals surface area contributed by atoms with Gasteiger partial charge in [-0.25, -0.2) is 4.57 Å². The second-order valence-corrected chi connectivity index (χ2v) is 10.4. The van der Waals surface area contributed by atoms with Crippen molar-refractivity contribution in [2.24, 2.45) is 7.05 Å². The van der Waals surface area contributed by atoms with Crippen LogP contribution in [0.3, 0.4) is 0 Å². The average molecular weight is 467 g/mol. The Bertz CT molecular complexity index is 590. The molecule has 32 heavy (non-hydrogen) atoms. The molecule has 0 amide bonds. The van der Waals surface area contributed by atoms with E-state index in [4.69, 9.17) is 12.2 Å². The summed E-state index contributed by atoms with van der Waals surface area (Å²) in [5.41, 5.74) is 0. The van der Waals surface area contributed by atoms with E-state index >= 15 is 0 Å². The zero-order chi connectivity index (χ0) is 23.3. The highest BCUT2D eigenvalue weighted by Gasteiger charge is 2.15. The molecule has 3 nitrogen and oxygen atoms in total. The van der Waals surface area contributed by atoms with Gasteiger partial charge in [-0.2, -0.15) is 4.68 Å². The third-order valence-electron chi connectivity index (χ3n) is 6.95. The normalized spacial score (nSPS) is 11.5. The smallest absolute Gasteiger partial charge is 0.222 e. The van der Waals surface area contributed by atoms with Gasteiger partial charge in [0.15, 0.2) is 0 Å². The number of aromatic amines is 1. The van der Waals surface area contributed by atoms with Crippen molar-refractivity contribution >= 4 is 12.2 Å². The highest BCUT2D eigenvalue weighted by Crippen LogP contribution is 2.14. The molecule has 0 bridgehead atoms. The van der Waals surface area contributed by atoms with E-state index in [0.29, 0.717) is 0 Å². The van der Waals surface area contributed by atoms with E-state index in [1.807, 2.05) is 0 Å². The van der Waals surface area contributed by atoms with Crippen molar-refractivity contribution in [3.8, 4) is 0 Å². The largest absolute Gasteiger partial charge is 0.323 e. The molecule has 1 rings (SSSR count). The number of H-pyrrole nitrogens is 1. The first-order valence-corrected chi connectivity index (χ1v) is 14.8. The van der Waals surface area contributed by atoms with Crippen LogP contribution >= 0.6 is 12.2 Å². The molecule has 188 valence electrons. The van der Waals surface area contributed by atoms with Crippen molar-refractivity contribution < 1.29 is 4.57 Å². The Balaban J connectivity index is 2.03. The van der Waals surface area contributed by atoms with Crippen LogP contribution in [0.4, 0.5) is 0 Å². The number of aryl methyl sites for hydroxylation is 1. The second-order valence-electron chi connectivity index (χ2n) is 10.0. The molecule has 0 spiro atoms. The summed E-state index contributed by atoms with van der Waals surface area (Å²) < 4.78 is 5.42. The third kappa shape index (κ3) is 14.5. The SMILES string of the molecule is CCCCCCCCCCCCCCCCCc1n(C)[nH]c(=S)[n+]1CCCCCCCC. The van der Waals surface area contributed by atoms with Crippen molar-refractivity contribution in [1.82, 2.24) is 9.78 Å². The predicted molar refractivity (Wildman–Crippen MR) is 143 cm³/mol. The standard InChI is InChI=1S/C28H55N3S/c1-4-6-8-10-12-13-14-15-16-17-18-19-20-21-23-25-27-30(3)29-28(32)31(27)26-24-22-11-9-7-5-2/h4-26H2,1-3H3/p+1. The van der Waals surface area contributed by atoms with Crippen molar-refractivity contribution in [1.29, 1.82) is 0 Å². The van der Waals surface area contributed by atoms with Gasteiger partial charge in [-0.3, -0.25) is 0 Å². The number of unbranched alkanes of at least 4 members (excludes halogenated alkanes) is 19. The molecular weight excluding hydrogens is 410 g/mol. The van der Waals surface area contributed by atoms with Gasteiger partial charge in [0.1, 0.15) is 0 Å². The van der Waals surface area contributed by atoms with E-state index in [1.54, 1.807) is 0 Å². The highest BCUT2D eigenvalue weighted by atomic mass is 32.1. The highest BCUT2D eigenvalue weighted by molar-refractivity contribution is 7.71. The van der Waals surface area contributed by atoms with Gasteiger partial charge >= 0.3 is 4.77 Å². The third-order valence-corrected chi connectivity index (χ3v) is 7.26. The summed E-state index contributed by atoms with van der Waals surface area (Å²) in [7, 11) is 2.12. The minimum absolute atomic E-state index is 0.900. The van der Waals surface area contributed by atoms with Crippen molar-refractivity contribution in [2.75, 3.05) is 0 Å². The molecule has 4 heteroatoms. The van der Waals surface area contributed by atoms with Crippen LogP contribution in [0.2, 0.25) is 0 Å². The van der Waals surface area contributed by atoms with Crippen LogP contribution in [0.15, 0.2) is 0 Å². The molecule has 1 aromatic rings. The zero-order valence-corrected chi connectivity index (χ0v) is 22.9. The molecule has 0 saturated carbocycles. The lowest BCUT2D eigenvalue weighted by Crippen LogP contribution is -2.38. The maximum Gasteiger partial charge on any atom is 0.323 e. The molecule has 0 aliphatic carbocycles. The molecule has 0 aliphatic rings. The van der Waals surface area contributed by atoms with Crippen LogP contribution in [0, 0.1) is 4.77 Å². The molecule has 0 saturated heterocycles. The topological polar surface area (TPSA) is 24.6 Å². The average Bonchev–Trinajstić information content (AvgIpc) is 3.05. The Kier molecular flexibility index (Phi) is 19.2. The maximum absolute atomic E-state index is 5.58. The summed E-state index contributed by atoms with van der Waals surface area (Å²) in [6.07, 6.45) is 30.5. The quantitative estimate of drug-likeness (QED) is 0.0970. The van der Waals surface area contributed by atoms with Gasteiger partial charge in [0.2, 0.25) is 5.82 Å². The first kappa shape index (κ1) is 29.4. The van der Waals surface area contributed by atoms with E-state index in [9.17, 15) is 0 Å². The summed E-state index contributed by atoms with van der Waals surface area (Å²) in [5.74, 6) is 1.39. The molecule has 1 aromatic heterocycles. The molecule has 0 radical (unpaired) electrons. The minimum atomic E-state index is 0.900. The summed E-state index contributed by atoms with van der Waals surface area (Å²) >= 11 is 5.58. The van der Waals surface area contributed by atoms with Crippen molar-refractivity contribution in [2.45, 2.75) is 162 Å². The fourth-order valence-electron chi connectivity index (χ4n) is 4.80. The zero-order valence-electron chi connectivity index (χ0n) is 22.1. The molecular formula is C28H56N3S+. The first-order chi connectivity index (χ1) is 15.7. The summed E-state index contributed by atoms with van der Waals surface area (Å²) in [6, 6.07) is 0. The monoisotopic (exact) mass is 466 g/mol. The van der Waals surface area contributed by atoms with Gasteiger partial charge < -0.3 is 0 Å². The summed E-state index contributed by atoms with van der Waals surface area (Å²) in [6.45, 7) is 5.66. The molecule has 0 fully saturated rings. The van der Waals surface area contributed by atoms with Gasteiger partial charge in [0.25, 0.3) is 0 Å². The fraction of sp³-hybridized carbons (Fsp3) is 0.929. The van der Waals surface area contributed by atoms with Crippen LogP contribution in [0.5, 0.6) is 0 Å². The van der Waals surface area contributed by atoms with Crippen molar-refractivity contribution in [3.63, 3.8) is 0 Å². The van der Waals surface area contributed by atoms with Gasteiger partial charge in [0, 0.05) is 6.42 Å². The number of hydrogen-bond donors (Lipinski definition) is 1. The number of nitrogens with one attached hydrogen (secondary N) is 1. The Morgan fingerprint density at radius 2 is 0.969 bits per heavy atom. The maximum atomic E-state index is 5.58. The minimum Gasteiger partial charge on any atom is -0.222 e. The Morgan fingerprint density at radius 3 is 1.41 bits per heavy atom. The van der Waals surface area contributed by atoms with Crippen LogP contribution in [0.1, 0.15) is 155 Å². The predicted octanol–water partition coefficient (Wildman–Crippen LogP) is 9.14. The van der Waals surface area contributed by atoms with Crippen LogP contribution in [0.25, 0.3) is 0 Å². The van der Waals surface area contributed by atoms with E-state index < -0.39 is 0 Å². The molecule has 0 unspecified atom stereocenters. The molecule has 1 N–H and O–H groups in total. The lowest BCUT2D eigenvalue weighted by atomic mass is 10.0. The van der Waals surface area contributed by atoms with Gasteiger partial charge in [-0.1, -0.05) is 136 Å². The first-order valence-electron chi connectivity index (χ1n) is 14.4. The fourth-order valence-corrected chi connectivity index (χ4v) is 5.14. The molecule has 0 aromatic carbocycles. The number of nitrogens with zero attached hydrogens (tertiary/aromatic N) is 2. The van der Waals surface area contributed by atoms with Gasteiger partial charge in [-0.05, 0) is 25.1 Å². The lowest BCUT2D eigenvalue weighted by Gasteiger charge is -2.05. The van der Waals surface area contributed by atoms with Crippen molar-refractivity contribution in [3.05, 3.63) is 10.6 Å². The van der Waals surface area contributed by atoms with E-state index in [-0.39, 0.29) is 0 Å². The van der Waals surface area contributed by atoms with E-state index in [0.717, 1.165) is 17.7 Å². The van der Waals surface area contributed by atoms with E-state index in [2.05, 4.69) is 35.2 Å². The van der Waals surface area contributed by atoms with Gasteiger partial charge in [-0.15, -0.1) is 5.10 Å². The number of hydrogen-bond acceptors (Lipinski definition) is 1. The molecule has 0 atom stereocenters. The Morgan fingerprint density at radius 1 is 0.594 bits per heavy atom. The lowest BCUT2D eigenvalue weighted by molar-refractivity contribution is -0.711. The van der Waals surface area contributed by atoms with Crippen LogP contribution < -0.4 is 4.57 Å². The number of rotatable bonds is 23. The van der Waals surface area contributed by atoms with Crippen LogP contribution in [-0.2, 0) is 20.0 Å². The molecule has 0 aliphatic heterocycles. The second kappa shape index (κ2) is 20.9. The number of aromatic nitrogens is 3.